The maximum atomic E-state index is 16.3. The molecule has 7 rings (SSSR count). The second-order valence-corrected chi connectivity index (χ2v) is 10.7. The third-order valence-corrected chi connectivity index (χ3v) is 8.21. The first-order valence-electron chi connectivity index (χ1n) is 13.3. The Balaban J connectivity index is 1.34. The molecule has 2 aromatic heterocycles. The van der Waals surface area contributed by atoms with Crippen molar-refractivity contribution in [3.05, 3.63) is 59.6 Å². The van der Waals surface area contributed by atoms with Crippen LogP contribution < -0.4 is 10.2 Å². The van der Waals surface area contributed by atoms with E-state index >= 15 is 4.39 Å². The maximum absolute atomic E-state index is 16.3. The summed E-state index contributed by atoms with van der Waals surface area (Å²) in [4.78, 5) is 19.0. The minimum atomic E-state index is -0.521. The van der Waals surface area contributed by atoms with Crippen molar-refractivity contribution in [1.82, 2.24) is 25.2 Å². The predicted molar refractivity (Wildman–Crippen MR) is 142 cm³/mol. The monoisotopic (exact) mass is 500 g/mol. The highest BCUT2D eigenvalue weighted by molar-refractivity contribution is 5.99. The van der Waals surface area contributed by atoms with Gasteiger partial charge in [0.2, 0.25) is 0 Å². The van der Waals surface area contributed by atoms with E-state index in [0.29, 0.717) is 46.7 Å². The largest absolute Gasteiger partial charge is 0.353 e. The van der Waals surface area contributed by atoms with Gasteiger partial charge in [-0.1, -0.05) is 25.1 Å². The molecule has 3 saturated heterocycles. The zero-order chi connectivity index (χ0) is 25.3. The molecule has 0 saturated carbocycles. The molecule has 1 N–H and O–H groups in total. The molecule has 37 heavy (non-hydrogen) atoms. The van der Waals surface area contributed by atoms with Crippen molar-refractivity contribution in [2.75, 3.05) is 31.1 Å². The van der Waals surface area contributed by atoms with E-state index in [4.69, 9.17) is 4.98 Å². The fourth-order valence-electron chi connectivity index (χ4n) is 6.32. The molecule has 0 radical (unpaired) electrons. The van der Waals surface area contributed by atoms with E-state index in [2.05, 4.69) is 25.1 Å². The zero-order valence-corrected chi connectivity index (χ0v) is 21.1. The number of nitrogens with one attached hydrogen (secondary N) is 1. The maximum Gasteiger partial charge on any atom is 0.175 e. The molecule has 3 aliphatic rings. The summed E-state index contributed by atoms with van der Waals surface area (Å²) in [6, 6.07) is 10.2. The molecule has 0 spiro atoms. The lowest BCUT2D eigenvalue weighted by Gasteiger charge is -2.41. The van der Waals surface area contributed by atoms with Gasteiger partial charge in [-0.25, -0.2) is 18.7 Å². The third-order valence-electron chi connectivity index (χ3n) is 8.21. The molecule has 0 aliphatic carbocycles. The molecule has 0 amide bonds. The van der Waals surface area contributed by atoms with E-state index in [-0.39, 0.29) is 17.0 Å². The van der Waals surface area contributed by atoms with Gasteiger partial charge >= 0.3 is 0 Å². The normalized spacial score (nSPS) is 23.4. The van der Waals surface area contributed by atoms with E-state index in [1.807, 2.05) is 26.0 Å². The number of hydrogen-bond acceptors (Lipinski definition) is 6. The summed E-state index contributed by atoms with van der Waals surface area (Å²) in [6.45, 7) is 7.87. The van der Waals surface area contributed by atoms with Crippen LogP contribution in [0.2, 0.25) is 0 Å². The quantitative estimate of drug-likeness (QED) is 0.404. The van der Waals surface area contributed by atoms with Crippen LogP contribution in [0.4, 0.5) is 14.6 Å². The van der Waals surface area contributed by atoms with Crippen LogP contribution in [0.3, 0.4) is 0 Å². The molecule has 8 heteroatoms. The van der Waals surface area contributed by atoms with Crippen LogP contribution in [0.15, 0.2) is 36.5 Å². The molecule has 190 valence electrons. The first kappa shape index (κ1) is 22.9. The average molecular weight is 501 g/mol. The van der Waals surface area contributed by atoms with Gasteiger partial charge in [-0.05, 0) is 42.8 Å². The standard InChI is InChI=1S/C29H30F2N6/c1-3-24-34-28-22(29(35-24)36-14-19-7-8-20(15-36)37(19)13-18-11-32-18)12-33-27(26(28)31)21-10-16(2)9-17-5-4-6-23(30)25(17)21/h4-6,9-10,12,18-20,32H,3,7-8,11,13-15H2,1-2H3. The van der Waals surface area contributed by atoms with E-state index in [1.165, 1.54) is 18.9 Å². The first-order valence-corrected chi connectivity index (χ1v) is 13.3. The summed E-state index contributed by atoms with van der Waals surface area (Å²) in [5.41, 5.74) is 1.75. The summed E-state index contributed by atoms with van der Waals surface area (Å²) in [5, 5.41) is 5.15. The van der Waals surface area contributed by atoms with Gasteiger partial charge in [-0.15, -0.1) is 0 Å². The number of rotatable bonds is 5. The molecule has 2 bridgehead atoms. The molecule has 3 atom stereocenters. The molecular formula is C29H30F2N6. The number of aryl methyl sites for hydroxylation is 2. The summed E-state index contributed by atoms with van der Waals surface area (Å²) < 4.78 is 31.2. The van der Waals surface area contributed by atoms with Crippen molar-refractivity contribution >= 4 is 27.5 Å². The van der Waals surface area contributed by atoms with Crippen LogP contribution in [0, 0.1) is 18.6 Å². The number of fused-ring (bicyclic) bond motifs is 4. The number of nitrogens with zero attached hydrogens (tertiary/aromatic N) is 5. The number of piperazine rings is 1. The Morgan fingerprint density at radius 2 is 1.86 bits per heavy atom. The van der Waals surface area contributed by atoms with Crippen LogP contribution in [0.1, 0.15) is 31.2 Å². The van der Waals surface area contributed by atoms with Crippen molar-refractivity contribution in [2.45, 2.75) is 51.2 Å². The highest BCUT2D eigenvalue weighted by Crippen LogP contribution is 2.38. The topological polar surface area (TPSA) is 67.1 Å². The van der Waals surface area contributed by atoms with Crippen LogP contribution in [0.25, 0.3) is 32.9 Å². The average Bonchev–Trinajstić information content (AvgIpc) is 3.68. The van der Waals surface area contributed by atoms with Crippen LogP contribution in [0.5, 0.6) is 0 Å². The SMILES string of the molecule is CCc1nc(N2CC3CCC(C2)N3CC2CN2)c2cnc(-c3cc(C)cc4cccc(F)c34)c(F)c2n1. The zero-order valence-electron chi connectivity index (χ0n) is 21.1. The van der Waals surface area contributed by atoms with Crippen molar-refractivity contribution in [2.24, 2.45) is 0 Å². The lowest BCUT2D eigenvalue weighted by Crippen LogP contribution is -2.55. The van der Waals surface area contributed by atoms with Crippen LogP contribution in [-0.4, -0.2) is 64.2 Å². The predicted octanol–water partition coefficient (Wildman–Crippen LogP) is 4.62. The second kappa shape index (κ2) is 8.67. The minimum absolute atomic E-state index is 0.125. The molecular weight excluding hydrogens is 470 g/mol. The number of anilines is 1. The smallest absolute Gasteiger partial charge is 0.175 e. The number of benzene rings is 2. The van der Waals surface area contributed by atoms with Gasteiger partial charge < -0.3 is 10.2 Å². The first-order chi connectivity index (χ1) is 18.0. The number of hydrogen-bond donors (Lipinski definition) is 1. The molecule has 5 heterocycles. The Hall–Kier alpha value is -3.23. The summed E-state index contributed by atoms with van der Waals surface area (Å²) in [6.07, 6.45) is 4.64. The van der Waals surface area contributed by atoms with Crippen molar-refractivity contribution in [3.8, 4) is 11.3 Å². The lowest BCUT2D eigenvalue weighted by molar-refractivity contribution is 0.170. The van der Waals surface area contributed by atoms with Gasteiger partial charge in [0.05, 0.1) is 5.39 Å². The molecule has 4 aromatic rings. The second-order valence-electron chi connectivity index (χ2n) is 10.7. The molecule has 3 aliphatic heterocycles. The van der Waals surface area contributed by atoms with Gasteiger partial charge in [-0.2, -0.15) is 0 Å². The van der Waals surface area contributed by atoms with E-state index in [0.717, 1.165) is 42.9 Å². The molecule has 3 fully saturated rings. The molecule has 6 nitrogen and oxygen atoms in total. The lowest BCUT2D eigenvalue weighted by atomic mass is 9.97. The molecule has 3 unspecified atom stereocenters. The van der Waals surface area contributed by atoms with Crippen molar-refractivity contribution < 1.29 is 8.78 Å². The number of halogens is 2. The van der Waals surface area contributed by atoms with Crippen LogP contribution in [-0.2, 0) is 6.42 Å². The Morgan fingerprint density at radius 3 is 2.59 bits per heavy atom. The highest BCUT2D eigenvalue weighted by Gasteiger charge is 2.42. The van der Waals surface area contributed by atoms with Gasteiger partial charge in [-0.3, -0.25) is 9.88 Å². The van der Waals surface area contributed by atoms with E-state index < -0.39 is 5.82 Å². The van der Waals surface area contributed by atoms with E-state index in [1.54, 1.807) is 18.3 Å². The number of pyridine rings is 1. The third kappa shape index (κ3) is 3.85. The van der Waals surface area contributed by atoms with Gasteiger partial charge in [0, 0.05) is 67.9 Å². The van der Waals surface area contributed by atoms with Crippen LogP contribution >= 0.6 is 0 Å². The Bertz CT molecular complexity index is 1520. The Labute approximate surface area is 214 Å². The van der Waals surface area contributed by atoms with Crippen molar-refractivity contribution in [3.63, 3.8) is 0 Å². The van der Waals surface area contributed by atoms with Gasteiger partial charge in [0.15, 0.2) is 5.82 Å². The van der Waals surface area contributed by atoms with Crippen molar-refractivity contribution in [1.29, 1.82) is 0 Å². The highest BCUT2D eigenvalue weighted by atomic mass is 19.1. The van der Waals surface area contributed by atoms with Gasteiger partial charge in [0.25, 0.3) is 0 Å². The summed E-state index contributed by atoms with van der Waals surface area (Å²) >= 11 is 0. The fraction of sp³-hybridized carbons (Fsp3) is 0.414. The molecule has 2 aromatic carbocycles. The minimum Gasteiger partial charge on any atom is -0.353 e. The Kier molecular flexibility index (Phi) is 5.37. The van der Waals surface area contributed by atoms with E-state index in [9.17, 15) is 4.39 Å². The number of aromatic nitrogens is 3. The Morgan fingerprint density at radius 1 is 1.08 bits per heavy atom. The fourth-order valence-corrected chi connectivity index (χ4v) is 6.32. The van der Waals surface area contributed by atoms with Gasteiger partial charge in [0.1, 0.15) is 28.7 Å². The summed E-state index contributed by atoms with van der Waals surface area (Å²) in [7, 11) is 0. The summed E-state index contributed by atoms with van der Waals surface area (Å²) in [5.74, 6) is 0.463.